The van der Waals surface area contributed by atoms with Gasteiger partial charge in [0.15, 0.2) is 6.54 Å². The van der Waals surface area contributed by atoms with Gasteiger partial charge >= 0.3 is 0 Å². The van der Waals surface area contributed by atoms with Crippen molar-refractivity contribution in [1.82, 2.24) is 0 Å². The van der Waals surface area contributed by atoms with Crippen LogP contribution in [0.4, 0.5) is 0 Å². The van der Waals surface area contributed by atoms with Crippen molar-refractivity contribution in [1.29, 1.82) is 0 Å². The van der Waals surface area contributed by atoms with Crippen LogP contribution in [0.5, 0.6) is 0 Å². The summed E-state index contributed by atoms with van der Waals surface area (Å²) in [6.45, 7) is 3.14. The van der Waals surface area contributed by atoms with Crippen molar-refractivity contribution in [2.24, 2.45) is 0 Å². The molecule has 0 aliphatic carbocycles. The number of thiazole rings is 1. The zero-order valence-electron chi connectivity index (χ0n) is 7.90. The van der Waals surface area contributed by atoms with Crippen LogP contribution in [0.3, 0.4) is 0 Å². The van der Waals surface area contributed by atoms with Gasteiger partial charge in [-0.25, -0.2) is 0 Å². The highest BCUT2D eigenvalue weighted by Gasteiger charge is 2.13. The molecule has 0 bridgehead atoms. The number of benzene rings is 1. The molecule has 14 heavy (non-hydrogen) atoms. The Labute approximate surface area is 102 Å². The van der Waals surface area contributed by atoms with Gasteiger partial charge in [-0.3, -0.25) is 0 Å². The lowest BCUT2D eigenvalue weighted by molar-refractivity contribution is -0.696. The molecule has 0 unspecified atom stereocenters. The van der Waals surface area contributed by atoms with E-state index in [0.29, 0.717) is 0 Å². The minimum absolute atomic E-state index is 0.976. The number of hydrogen-bond acceptors (Lipinski definition) is 1. The van der Waals surface area contributed by atoms with Gasteiger partial charge in [-0.2, -0.15) is 4.57 Å². The molecule has 0 atom stereocenters. The highest BCUT2D eigenvalue weighted by Crippen LogP contribution is 2.12. The SMILES string of the molecule is Cc1sc[n+](Cc2ccccc2)c1I. The topological polar surface area (TPSA) is 3.88 Å². The van der Waals surface area contributed by atoms with Crippen molar-refractivity contribution in [2.75, 3.05) is 0 Å². The second-order valence-electron chi connectivity index (χ2n) is 3.18. The number of aryl methyl sites for hydroxylation is 1. The summed E-state index contributed by atoms with van der Waals surface area (Å²) in [5.41, 5.74) is 3.54. The molecule has 0 N–H and O–H groups in total. The normalized spacial score (nSPS) is 10.4. The first-order valence-corrected chi connectivity index (χ1v) is 6.40. The molecule has 0 saturated carbocycles. The van der Waals surface area contributed by atoms with E-state index in [-0.39, 0.29) is 0 Å². The van der Waals surface area contributed by atoms with Crippen molar-refractivity contribution < 1.29 is 4.57 Å². The summed E-state index contributed by atoms with van der Waals surface area (Å²) in [6, 6.07) is 10.5. The first kappa shape index (κ1) is 10.1. The third kappa shape index (κ3) is 2.15. The largest absolute Gasteiger partial charge is 0.255 e. The van der Waals surface area contributed by atoms with Gasteiger partial charge < -0.3 is 0 Å². The first-order chi connectivity index (χ1) is 6.77. The van der Waals surface area contributed by atoms with E-state index in [4.69, 9.17) is 0 Å². The summed E-state index contributed by atoms with van der Waals surface area (Å²) >= 11 is 4.21. The fourth-order valence-electron chi connectivity index (χ4n) is 1.33. The van der Waals surface area contributed by atoms with Crippen LogP contribution in [-0.4, -0.2) is 0 Å². The Morgan fingerprint density at radius 3 is 2.57 bits per heavy atom. The Hall–Kier alpha value is -0.420. The molecule has 1 aromatic heterocycles. The predicted molar refractivity (Wildman–Crippen MR) is 67.5 cm³/mol. The van der Waals surface area contributed by atoms with Gasteiger partial charge in [-0.1, -0.05) is 41.7 Å². The summed E-state index contributed by atoms with van der Waals surface area (Å²) in [5, 5.41) is 0. The summed E-state index contributed by atoms with van der Waals surface area (Å²) in [7, 11) is 0. The minimum Gasteiger partial charge on any atom is -0.179 e. The lowest BCUT2D eigenvalue weighted by Gasteiger charge is -1.94. The van der Waals surface area contributed by atoms with E-state index in [1.54, 1.807) is 11.3 Å². The van der Waals surface area contributed by atoms with Crippen LogP contribution in [0.1, 0.15) is 10.4 Å². The van der Waals surface area contributed by atoms with E-state index in [2.05, 4.69) is 69.9 Å². The quantitative estimate of drug-likeness (QED) is 0.592. The number of halogens is 1. The summed E-state index contributed by atoms with van der Waals surface area (Å²) in [4.78, 5) is 1.39. The fraction of sp³-hybridized carbons (Fsp3) is 0.182. The second kappa shape index (κ2) is 4.40. The molecule has 0 saturated heterocycles. The fourth-order valence-corrected chi connectivity index (χ4v) is 2.89. The Kier molecular flexibility index (Phi) is 3.18. The molecule has 0 spiro atoms. The zero-order chi connectivity index (χ0) is 9.97. The molecule has 3 heteroatoms. The lowest BCUT2D eigenvalue weighted by atomic mass is 10.2. The van der Waals surface area contributed by atoms with Gasteiger partial charge in [0, 0.05) is 28.2 Å². The zero-order valence-corrected chi connectivity index (χ0v) is 10.9. The Morgan fingerprint density at radius 2 is 2.00 bits per heavy atom. The van der Waals surface area contributed by atoms with Gasteiger partial charge in [0.05, 0.1) is 4.88 Å². The standard InChI is InChI=1S/C11H11INS/c1-9-11(12)13(8-14-9)7-10-5-3-2-4-6-10/h2-6,8H,7H2,1H3/q+1. The van der Waals surface area contributed by atoms with Crippen LogP contribution in [-0.2, 0) is 6.54 Å². The maximum Gasteiger partial charge on any atom is 0.255 e. The van der Waals surface area contributed by atoms with E-state index in [1.807, 2.05) is 0 Å². The van der Waals surface area contributed by atoms with Crippen LogP contribution < -0.4 is 4.57 Å². The van der Waals surface area contributed by atoms with E-state index >= 15 is 0 Å². The van der Waals surface area contributed by atoms with Crippen molar-refractivity contribution >= 4 is 33.9 Å². The smallest absolute Gasteiger partial charge is 0.179 e. The Morgan fingerprint density at radius 1 is 1.29 bits per heavy atom. The van der Waals surface area contributed by atoms with E-state index < -0.39 is 0 Å². The van der Waals surface area contributed by atoms with Gasteiger partial charge in [0.1, 0.15) is 0 Å². The van der Waals surface area contributed by atoms with Crippen LogP contribution >= 0.6 is 33.9 Å². The van der Waals surface area contributed by atoms with Gasteiger partial charge in [0.25, 0.3) is 3.70 Å². The molecular weight excluding hydrogens is 305 g/mol. The Bertz CT molecular complexity index is 422. The Balaban J connectivity index is 2.23. The molecule has 0 radical (unpaired) electrons. The van der Waals surface area contributed by atoms with Crippen LogP contribution in [0, 0.1) is 10.6 Å². The predicted octanol–water partition coefficient (Wildman–Crippen LogP) is 3.00. The number of aromatic nitrogens is 1. The molecule has 2 aromatic rings. The number of nitrogens with zero attached hydrogens (tertiary/aromatic N) is 1. The minimum atomic E-state index is 0.976. The monoisotopic (exact) mass is 316 g/mol. The highest BCUT2D eigenvalue weighted by molar-refractivity contribution is 14.1. The van der Waals surface area contributed by atoms with Crippen LogP contribution in [0.2, 0.25) is 0 Å². The van der Waals surface area contributed by atoms with E-state index in [9.17, 15) is 0 Å². The molecule has 2 rings (SSSR count). The third-order valence-electron chi connectivity index (χ3n) is 2.10. The molecule has 1 heterocycles. The van der Waals surface area contributed by atoms with E-state index in [0.717, 1.165) is 6.54 Å². The van der Waals surface area contributed by atoms with Gasteiger partial charge in [0.2, 0.25) is 5.51 Å². The number of hydrogen-bond donors (Lipinski definition) is 0. The number of rotatable bonds is 2. The summed E-state index contributed by atoms with van der Waals surface area (Å²) in [6.07, 6.45) is 0. The van der Waals surface area contributed by atoms with Crippen molar-refractivity contribution in [3.8, 4) is 0 Å². The van der Waals surface area contributed by atoms with Gasteiger partial charge in [-0.15, -0.1) is 0 Å². The first-order valence-electron chi connectivity index (χ1n) is 4.44. The summed E-state index contributed by atoms with van der Waals surface area (Å²) in [5.74, 6) is 0. The summed E-state index contributed by atoms with van der Waals surface area (Å²) < 4.78 is 3.63. The molecule has 1 nitrogen and oxygen atoms in total. The second-order valence-corrected chi connectivity index (χ2v) is 5.26. The van der Waals surface area contributed by atoms with Crippen molar-refractivity contribution in [3.63, 3.8) is 0 Å². The van der Waals surface area contributed by atoms with Crippen molar-refractivity contribution in [2.45, 2.75) is 13.5 Å². The molecule has 0 fully saturated rings. The van der Waals surface area contributed by atoms with Gasteiger partial charge in [-0.05, 0) is 6.92 Å². The molecule has 0 aliphatic rings. The average Bonchev–Trinajstić information content (AvgIpc) is 2.52. The van der Waals surface area contributed by atoms with Crippen LogP contribution in [0.25, 0.3) is 0 Å². The maximum atomic E-state index is 2.40. The van der Waals surface area contributed by atoms with Crippen molar-refractivity contribution in [3.05, 3.63) is 50.0 Å². The van der Waals surface area contributed by atoms with Crippen LogP contribution in [0.15, 0.2) is 35.8 Å². The molecule has 0 aliphatic heterocycles. The highest BCUT2D eigenvalue weighted by atomic mass is 127. The lowest BCUT2D eigenvalue weighted by Crippen LogP contribution is -2.35. The van der Waals surface area contributed by atoms with E-state index in [1.165, 1.54) is 14.1 Å². The third-order valence-corrected chi connectivity index (χ3v) is 4.80. The molecule has 72 valence electrons. The molecule has 1 aromatic carbocycles. The average molecular weight is 316 g/mol. The molecule has 0 amide bonds. The maximum absolute atomic E-state index is 2.40. The molecular formula is C11H11INS+.